The second-order valence-corrected chi connectivity index (χ2v) is 17.6. The van der Waals surface area contributed by atoms with Gasteiger partial charge in [0.2, 0.25) is 0 Å². The number of carbonyl (C=O) groups excluding carboxylic acids is 2. The zero-order valence-corrected chi connectivity index (χ0v) is 39.4. The average molecular weight is 809 g/mol. The molecule has 0 radical (unpaired) electrons. The van der Waals surface area contributed by atoms with E-state index >= 15 is 0 Å². The lowest BCUT2D eigenvalue weighted by molar-refractivity contribution is -0.117. The van der Waals surface area contributed by atoms with E-state index in [0.717, 1.165) is 116 Å². The number of aliphatic hydroxyl groups is 2. The second-order valence-electron chi connectivity index (χ2n) is 17.6. The van der Waals surface area contributed by atoms with Crippen molar-refractivity contribution < 1.29 is 19.8 Å². The van der Waals surface area contributed by atoms with Gasteiger partial charge in [-0.2, -0.15) is 0 Å². The van der Waals surface area contributed by atoms with Crippen LogP contribution in [0.25, 0.3) is 0 Å². The number of ketones is 2. The van der Waals surface area contributed by atoms with Gasteiger partial charge in [-0.25, -0.2) is 0 Å². The fraction of sp³-hybridized carbons (Fsp3) is 0.564. The number of rotatable bonds is 30. The molecule has 0 atom stereocenters. The molecular formula is C55H84O4. The van der Waals surface area contributed by atoms with Crippen LogP contribution in [0.5, 0.6) is 0 Å². The van der Waals surface area contributed by atoms with Gasteiger partial charge in [0, 0.05) is 22.3 Å². The predicted molar refractivity (Wildman–Crippen MR) is 257 cm³/mol. The molecule has 0 amide bonds. The van der Waals surface area contributed by atoms with Gasteiger partial charge in [-0.1, -0.05) is 98.8 Å². The highest BCUT2D eigenvalue weighted by molar-refractivity contribution is 6.25. The standard InChI is InChI=1S/C55H84O4/c1-41(2)21-12-22-42(3)23-13-24-43(4)25-14-26-44(5)27-15-28-45(6)29-16-30-46(7)31-17-32-47(8)33-18-34-48(9)35-19-36-49(10)37-20-38-51-50(11)54(58)52(39-56)53(40-57)55(51)59/h22,24,26,28,30,32,34,36,56-57H,1,12-21,23,25,27,29,31,33,35,37-40H2,2-11H3/b42-22+,43-24+,44-26+,45-28+,46-30+,47-32+,48-34+,49-36+. The molecule has 2 N–H and O–H groups in total. The first-order valence-electron chi connectivity index (χ1n) is 22.7. The van der Waals surface area contributed by atoms with Gasteiger partial charge in [0.15, 0.2) is 11.6 Å². The van der Waals surface area contributed by atoms with Crippen LogP contribution in [0.2, 0.25) is 0 Å². The summed E-state index contributed by atoms with van der Waals surface area (Å²) in [5, 5.41) is 19.1. The molecule has 59 heavy (non-hydrogen) atoms. The van der Waals surface area contributed by atoms with E-state index in [9.17, 15) is 19.8 Å². The molecule has 0 unspecified atom stereocenters. The van der Waals surface area contributed by atoms with Crippen molar-refractivity contribution in [2.75, 3.05) is 13.2 Å². The zero-order valence-electron chi connectivity index (χ0n) is 39.4. The van der Waals surface area contributed by atoms with Crippen molar-refractivity contribution >= 4 is 11.6 Å². The molecule has 0 bridgehead atoms. The number of allylic oxidation sites excluding steroid dienone is 19. The minimum atomic E-state index is -0.525. The van der Waals surface area contributed by atoms with Crippen LogP contribution in [0.4, 0.5) is 0 Å². The molecule has 1 aliphatic rings. The Hall–Kier alpha value is -3.60. The van der Waals surface area contributed by atoms with E-state index in [1.54, 1.807) is 6.92 Å². The largest absolute Gasteiger partial charge is 0.392 e. The molecule has 0 heterocycles. The van der Waals surface area contributed by atoms with E-state index in [0.29, 0.717) is 17.6 Å². The summed E-state index contributed by atoms with van der Waals surface area (Å²) in [6.07, 6.45) is 39.1. The van der Waals surface area contributed by atoms with E-state index in [-0.39, 0.29) is 22.7 Å². The monoisotopic (exact) mass is 809 g/mol. The highest BCUT2D eigenvalue weighted by Crippen LogP contribution is 2.28. The fourth-order valence-electron chi connectivity index (χ4n) is 7.37. The maximum absolute atomic E-state index is 12.8. The Morgan fingerprint density at radius 1 is 0.407 bits per heavy atom. The lowest BCUT2D eigenvalue weighted by Crippen LogP contribution is -2.26. The van der Waals surface area contributed by atoms with Crippen molar-refractivity contribution in [2.45, 2.75) is 191 Å². The van der Waals surface area contributed by atoms with Gasteiger partial charge in [-0.15, -0.1) is 6.58 Å². The van der Waals surface area contributed by atoms with Crippen LogP contribution in [-0.2, 0) is 9.59 Å². The minimum Gasteiger partial charge on any atom is -0.392 e. The van der Waals surface area contributed by atoms with E-state index in [1.165, 1.54) is 50.2 Å². The maximum atomic E-state index is 12.8. The van der Waals surface area contributed by atoms with Gasteiger partial charge in [-0.3, -0.25) is 9.59 Å². The fourth-order valence-corrected chi connectivity index (χ4v) is 7.37. The van der Waals surface area contributed by atoms with E-state index in [4.69, 9.17) is 0 Å². The van der Waals surface area contributed by atoms with Crippen LogP contribution in [0, 0.1) is 0 Å². The average Bonchev–Trinajstić information content (AvgIpc) is 3.17. The molecule has 4 nitrogen and oxygen atoms in total. The van der Waals surface area contributed by atoms with Gasteiger partial charge >= 0.3 is 0 Å². The Labute approximate surface area is 362 Å². The molecular weight excluding hydrogens is 725 g/mol. The molecule has 1 aliphatic carbocycles. The third-order valence-corrected chi connectivity index (χ3v) is 11.6. The summed E-state index contributed by atoms with van der Waals surface area (Å²) < 4.78 is 0. The number of Topliss-reactive ketones (excluding diaryl/α,β-unsaturated/α-hetero) is 2. The van der Waals surface area contributed by atoms with Crippen molar-refractivity contribution in [2.24, 2.45) is 0 Å². The number of hydrogen-bond acceptors (Lipinski definition) is 4. The van der Waals surface area contributed by atoms with E-state index in [1.807, 2.05) is 0 Å². The molecule has 0 aromatic rings. The molecule has 4 heteroatoms. The van der Waals surface area contributed by atoms with E-state index < -0.39 is 13.2 Å². The van der Waals surface area contributed by atoms with Crippen molar-refractivity contribution in [3.63, 3.8) is 0 Å². The molecule has 0 aliphatic heterocycles. The Morgan fingerprint density at radius 2 is 0.661 bits per heavy atom. The van der Waals surface area contributed by atoms with Crippen molar-refractivity contribution in [3.8, 4) is 0 Å². The third kappa shape index (κ3) is 24.3. The molecule has 0 spiro atoms. The first-order valence-corrected chi connectivity index (χ1v) is 22.7. The Morgan fingerprint density at radius 3 is 0.932 bits per heavy atom. The van der Waals surface area contributed by atoms with Crippen molar-refractivity contribution in [3.05, 3.63) is 128 Å². The third-order valence-electron chi connectivity index (χ3n) is 11.6. The van der Waals surface area contributed by atoms with Crippen LogP contribution in [0.3, 0.4) is 0 Å². The van der Waals surface area contributed by atoms with Gasteiger partial charge in [0.1, 0.15) is 0 Å². The van der Waals surface area contributed by atoms with Gasteiger partial charge in [0.25, 0.3) is 0 Å². The summed E-state index contributed by atoms with van der Waals surface area (Å²) in [4.78, 5) is 25.4. The molecule has 1 rings (SSSR count). The topological polar surface area (TPSA) is 74.6 Å². The number of carbonyl (C=O) groups is 2. The smallest absolute Gasteiger partial charge is 0.188 e. The van der Waals surface area contributed by atoms with Crippen LogP contribution in [0.15, 0.2) is 128 Å². The first-order chi connectivity index (χ1) is 28.1. The molecule has 0 aromatic carbocycles. The SMILES string of the molecule is C=C(C)CC/C=C(\C)CC/C=C(\C)CC/C=C(\C)CC/C=C(\C)CC/C=C(\C)CC/C=C(\C)CC/C=C(\C)CC/C=C(\C)CCCC1=C(C)C(=O)C(CO)=C(CO)C1=O. The van der Waals surface area contributed by atoms with E-state index in [2.05, 4.69) is 118 Å². The van der Waals surface area contributed by atoms with Gasteiger partial charge in [0.05, 0.1) is 13.2 Å². The molecule has 0 saturated heterocycles. The minimum absolute atomic E-state index is 0.0301. The molecule has 328 valence electrons. The van der Waals surface area contributed by atoms with Gasteiger partial charge < -0.3 is 10.2 Å². The van der Waals surface area contributed by atoms with Crippen LogP contribution < -0.4 is 0 Å². The Kier molecular flexibility index (Phi) is 28.3. The summed E-state index contributed by atoms with van der Waals surface area (Å²) in [5.74, 6) is -0.624. The molecule has 0 aromatic heterocycles. The zero-order chi connectivity index (χ0) is 44.2. The Bertz CT molecular complexity index is 1690. The first kappa shape index (κ1) is 53.4. The summed E-state index contributed by atoms with van der Waals surface area (Å²) in [7, 11) is 0. The van der Waals surface area contributed by atoms with Crippen LogP contribution >= 0.6 is 0 Å². The summed E-state index contributed by atoms with van der Waals surface area (Å²) in [6, 6.07) is 0. The van der Waals surface area contributed by atoms with Crippen molar-refractivity contribution in [1.29, 1.82) is 0 Å². The lowest BCUT2D eigenvalue weighted by atomic mass is 9.83. The normalized spacial score (nSPS) is 16.0. The molecule has 0 saturated carbocycles. The summed E-state index contributed by atoms with van der Waals surface area (Å²) >= 11 is 0. The van der Waals surface area contributed by atoms with Gasteiger partial charge in [-0.05, 0) is 191 Å². The number of hydrogen-bond donors (Lipinski definition) is 2. The van der Waals surface area contributed by atoms with Crippen LogP contribution in [0.1, 0.15) is 191 Å². The molecule has 0 fully saturated rings. The maximum Gasteiger partial charge on any atom is 0.188 e. The highest BCUT2D eigenvalue weighted by atomic mass is 16.3. The second kappa shape index (κ2) is 31.3. The lowest BCUT2D eigenvalue weighted by Gasteiger charge is -2.20. The summed E-state index contributed by atoms with van der Waals surface area (Å²) in [6.45, 7) is 24.7. The highest BCUT2D eigenvalue weighted by Gasteiger charge is 2.31. The van der Waals surface area contributed by atoms with Crippen molar-refractivity contribution in [1.82, 2.24) is 0 Å². The quantitative estimate of drug-likeness (QED) is 0.0560. The van der Waals surface area contributed by atoms with Crippen LogP contribution in [-0.4, -0.2) is 35.0 Å². The Balaban J connectivity index is 2.29. The summed E-state index contributed by atoms with van der Waals surface area (Å²) in [5.41, 5.74) is 13.9. The predicted octanol–water partition coefficient (Wildman–Crippen LogP) is 15.3. The number of aliphatic hydroxyl groups excluding tert-OH is 2.